The van der Waals surface area contributed by atoms with Gasteiger partial charge >= 0.3 is 21.7 Å². The van der Waals surface area contributed by atoms with Gasteiger partial charge in [-0.3, -0.25) is 0 Å². The van der Waals surface area contributed by atoms with Crippen LogP contribution in [0.25, 0.3) is 0 Å². The summed E-state index contributed by atoms with van der Waals surface area (Å²) in [5.41, 5.74) is -5.13. The van der Waals surface area contributed by atoms with Crippen LogP contribution in [0.3, 0.4) is 0 Å². The zero-order chi connectivity index (χ0) is 21.3. The van der Waals surface area contributed by atoms with Crippen LogP contribution in [0.5, 0.6) is 5.75 Å². The standard InChI is InChI=1S/C17H23F3N2O5S/c1-12-11-13(5-6-14(12)27-28(24,25)17(18,19)20)21-7-9-22(10-8-21)15(23)26-16(2,3)4/h5-6,11H,7-10H2,1-4H3. The molecule has 11 heteroatoms. The Morgan fingerprint density at radius 1 is 1.07 bits per heavy atom. The number of ether oxygens (including phenoxy) is 1. The van der Waals surface area contributed by atoms with Gasteiger partial charge in [-0.25, -0.2) is 4.79 Å². The van der Waals surface area contributed by atoms with E-state index in [0.29, 0.717) is 31.9 Å². The summed E-state index contributed by atoms with van der Waals surface area (Å²) in [6.45, 7) is 8.66. The van der Waals surface area contributed by atoms with Gasteiger partial charge in [0.25, 0.3) is 0 Å². The highest BCUT2D eigenvalue weighted by Gasteiger charge is 2.48. The third-order valence-electron chi connectivity index (χ3n) is 3.94. The molecular formula is C17H23F3N2O5S. The van der Waals surface area contributed by atoms with Gasteiger partial charge in [0.15, 0.2) is 0 Å². The first-order valence-corrected chi connectivity index (χ1v) is 9.95. The molecule has 158 valence electrons. The molecule has 0 unspecified atom stereocenters. The topological polar surface area (TPSA) is 76.2 Å². The van der Waals surface area contributed by atoms with Crippen molar-refractivity contribution in [1.82, 2.24) is 4.90 Å². The molecule has 0 saturated carbocycles. The number of piperazine rings is 1. The molecule has 1 aliphatic heterocycles. The lowest BCUT2D eigenvalue weighted by molar-refractivity contribution is -0.0500. The minimum atomic E-state index is -5.71. The van der Waals surface area contributed by atoms with E-state index in [1.54, 1.807) is 31.7 Å². The highest BCUT2D eigenvalue weighted by molar-refractivity contribution is 7.88. The van der Waals surface area contributed by atoms with Crippen molar-refractivity contribution >= 4 is 21.9 Å². The van der Waals surface area contributed by atoms with Gasteiger partial charge in [-0.2, -0.15) is 21.6 Å². The Morgan fingerprint density at radius 2 is 1.64 bits per heavy atom. The molecule has 0 N–H and O–H groups in total. The number of anilines is 1. The molecule has 1 amide bonds. The lowest BCUT2D eigenvalue weighted by atomic mass is 10.1. The Labute approximate surface area is 162 Å². The van der Waals surface area contributed by atoms with Crippen molar-refractivity contribution < 1.29 is 35.3 Å². The number of halogens is 3. The number of rotatable bonds is 3. The molecule has 2 rings (SSSR count). The minimum Gasteiger partial charge on any atom is -0.444 e. The summed E-state index contributed by atoms with van der Waals surface area (Å²) in [4.78, 5) is 15.6. The van der Waals surface area contributed by atoms with E-state index in [1.165, 1.54) is 19.1 Å². The molecule has 1 aromatic rings. The van der Waals surface area contributed by atoms with Gasteiger partial charge < -0.3 is 18.7 Å². The SMILES string of the molecule is Cc1cc(N2CCN(C(=O)OC(C)(C)C)CC2)ccc1OS(=O)(=O)C(F)(F)F. The predicted molar refractivity (Wildman–Crippen MR) is 96.8 cm³/mol. The molecule has 0 aliphatic carbocycles. The molecular weight excluding hydrogens is 401 g/mol. The Bertz CT molecular complexity index is 826. The second kappa shape index (κ2) is 7.69. The van der Waals surface area contributed by atoms with Gasteiger partial charge in [0.2, 0.25) is 0 Å². The fraction of sp³-hybridized carbons (Fsp3) is 0.588. The number of alkyl halides is 3. The van der Waals surface area contributed by atoms with Crippen molar-refractivity contribution in [3.05, 3.63) is 23.8 Å². The fourth-order valence-electron chi connectivity index (χ4n) is 2.56. The van der Waals surface area contributed by atoms with Crippen molar-refractivity contribution in [2.45, 2.75) is 38.8 Å². The van der Waals surface area contributed by atoms with E-state index < -0.39 is 27.3 Å². The normalized spacial score (nSPS) is 16.1. The van der Waals surface area contributed by atoms with Crippen molar-refractivity contribution in [1.29, 1.82) is 0 Å². The Kier molecular flexibility index (Phi) is 6.07. The van der Waals surface area contributed by atoms with Crippen molar-refractivity contribution in [2.24, 2.45) is 0 Å². The van der Waals surface area contributed by atoms with Crippen LogP contribution in [0.2, 0.25) is 0 Å². The molecule has 0 aromatic heterocycles. The zero-order valence-electron chi connectivity index (χ0n) is 16.0. The largest absolute Gasteiger partial charge is 0.534 e. The minimum absolute atomic E-state index is 0.250. The van der Waals surface area contributed by atoms with Crippen LogP contribution < -0.4 is 9.08 Å². The maximum Gasteiger partial charge on any atom is 0.534 e. The summed E-state index contributed by atoms with van der Waals surface area (Å²) in [7, 11) is -5.71. The molecule has 1 heterocycles. The van der Waals surface area contributed by atoms with E-state index in [4.69, 9.17) is 4.74 Å². The maximum atomic E-state index is 12.5. The predicted octanol–water partition coefficient (Wildman–Crippen LogP) is 3.28. The van der Waals surface area contributed by atoms with Crippen LogP contribution in [0, 0.1) is 6.92 Å². The second-order valence-electron chi connectivity index (χ2n) is 7.39. The molecule has 1 aliphatic rings. The van der Waals surface area contributed by atoms with Crippen LogP contribution in [-0.4, -0.2) is 56.7 Å². The highest BCUT2D eigenvalue weighted by Crippen LogP contribution is 2.31. The van der Waals surface area contributed by atoms with Gasteiger partial charge in [-0.15, -0.1) is 0 Å². The van der Waals surface area contributed by atoms with E-state index in [1.807, 2.05) is 4.90 Å². The molecule has 1 saturated heterocycles. The number of carbonyl (C=O) groups is 1. The van der Waals surface area contributed by atoms with Crippen LogP contribution in [0.15, 0.2) is 18.2 Å². The van der Waals surface area contributed by atoms with Crippen molar-refractivity contribution in [3.8, 4) is 5.75 Å². The van der Waals surface area contributed by atoms with Crippen LogP contribution in [0.1, 0.15) is 26.3 Å². The van der Waals surface area contributed by atoms with Gasteiger partial charge in [-0.05, 0) is 51.5 Å². The van der Waals surface area contributed by atoms with Gasteiger partial charge in [0, 0.05) is 31.9 Å². The Balaban J connectivity index is 2.03. The first-order valence-electron chi connectivity index (χ1n) is 8.54. The van der Waals surface area contributed by atoms with Crippen molar-refractivity contribution in [3.63, 3.8) is 0 Å². The number of aryl methyl sites for hydroxylation is 1. The smallest absolute Gasteiger partial charge is 0.444 e. The number of nitrogens with zero attached hydrogens (tertiary/aromatic N) is 2. The molecule has 28 heavy (non-hydrogen) atoms. The van der Waals surface area contributed by atoms with Crippen LogP contribution in [-0.2, 0) is 14.9 Å². The summed E-state index contributed by atoms with van der Waals surface area (Å²) in [6.07, 6.45) is -0.399. The Hall–Kier alpha value is -2.17. The summed E-state index contributed by atoms with van der Waals surface area (Å²) < 4.78 is 69.2. The lowest BCUT2D eigenvalue weighted by Gasteiger charge is -2.37. The number of amides is 1. The number of hydrogen-bond acceptors (Lipinski definition) is 6. The average molecular weight is 424 g/mol. The van der Waals surface area contributed by atoms with Gasteiger partial charge in [0.1, 0.15) is 11.4 Å². The molecule has 0 bridgehead atoms. The average Bonchev–Trinajstić information content (AvgIpc) is 2.54. The number of benzene rings is 1. The first-order chi connectivity index (χ1) is 12.7. The summed E-state index contributed by atoms with van der Waals surface area (Å²) in [5.74, 6) is -0.381. The number of carbonyl (C=O) groups excluding carboxylic acids is 1. The van der Waals surface area contributed by atoms with E-state index in [-0.39, 0.29) is 11.3 Å². The molecule has 1 aromatic carbocycles. The van der Waals surface area contributed by atoms with Gasteiger partial charge in [-0.1, -0.05) is 0 Å². The molecule has 0 radical (unpaired) electrons. The Morgan fingerprint density at radius 3 is 2.11 bits per heavy atom. The van der Waals surface area contributed by atoms with Crippen LogP contribution >= 0.6 is 0 Å². The zero-order valence-corrected chi connectivity index (χ0v) is 16.9. The van der Waals surface area contributed by atoms with Crippen LogP contribution in [0.4, 0.5) is 23.7 Å². The first kappa shape index (κ1) is 22.1. The maximum absolute atomic E-state index is 12.5. The van der Waals surface area contributed by atoms with E-state index in [2.05, 4.69) is 4.18 Å². The molecule has 7 nitrogen and oxygen atoms in total. The molecule has 0 atom stereocenters. The fourth-order valence-corrected chi connectivity index (χ4v) is 3.08. The second-order valence-corrected chi connectivity index (χ2v) is 8.93. The summed E-state index contributed by atoms with van der Waals surface area (Å²) in [6, 6.07) is 4.22. The lowest BCUT2D eigenvalue weighted by Crippen LogP contribution is -2.50. The monoisotopic (exact) mass is 424 g/mol. The summed E-state index contributed by atoms with van der Waals surface area (Å²) >= 11 is 0. The highest BCUT2D eigenvalue weighted by atomic mass is 32.2. The molecule has 0 spiro atoms. The van der Waals surface area contributed by atoms with E-state index >= 15 is 0 Å². The van der Waals surface area contributed by atoms with E-state index in [9.17, 15) is 26.4 Å². The quantitative estimate of drug-likeness (QED) is 0.548. The van der Waals surface area contributed by atoms with Gasteiger partial charge in [0.05, 0.1) is 0 Å². The third kappa shape index (κ3) is 5.43. The van der Waals surface area contributed by atoms with E-state index in [0.717, 1.165) is 0 Å². The number of hydrogen-bond donors (Lipinski definition) is 0. The summed E-state index contributed by atoms with van der Waals surface area (Å²) in [5, 5.41) is 0. The van der Waals surface area contributed by atoms with Crippen molar-refractivity contribution in [2.75, 3.05) is 31.1 Å². The molecule has 1 fully saturated rings. The third-order valence-corrected chi connectivity index (χ3v) is 4.90.